The Labute approximate surface area is 181 Å². The average molecular weight is 429 g/mol. The van der Waals surface area contributed by atoms with Crippen LogP contribution in [0.1, 0.15) is 46.0 Å². The first-order chi connectivity index (χ1) is 12.6. The summed E-state index contributed by atoms with van der Waals surface area (Å²) in [6.45, 7) is 8.38. The third-order valence-electron chi connectivity index (χ3n) is 6.36. The lowest BCUT2D eigenvalue weighted by molar-refractivity contribution is -0.127. The predicted octanol–water partition coefficient (Wildman–Crippen LogP) is 3.69. The summed E-state index contributed by atoms with van der Waals surface area (Å²) in [5.41, 5.74) is 1.20. The van der Waals surface area contributed by atoms with Crippen LogP contribution in [0.5, 0.6) is 0 Å². The normalized spacial score (nSPS) is 25.4. The lowest BCUT2D eigenvalue weighted by Crippen LogP contribution is -2.45. The highest BCUT2D eigenvalue weighted by Crippen LogP contribution is 2.48. The zero-order valence-electron chi connectivity index (χ0n) is 17.0. The van der Waals surface area contributed by atoms with Crippen molar-refractivity contribution in [3.63, 3.8) is 0 Å². The Bertz CT molecular complexity index is 664. The van der Waals surface area contributed by atoms with E-state index in [0.717, 1.165) is 51.4 Å². The van der Waals surface area contributed by atoms with Gasteiger partial charge in [-0.15, -0.1) is 24.8 Å². The van der Waals surface area contributed by atoms with Crippen LogP contribution in [0.25, 0.3) is 0 Å². The Hall–Kier alpha value is -1.04. The molecule has 1 N–H and O–H groups in total. The smallest absolute Gasteiger partial charge is 0.228 e. The summed E-state index contributed by atoms with van der Waals surface area (Å²) in [5.74, 6) is 1.75. The molecule has 3 fully saturated rings. The highest BCUT2D eigenvalue weighted by molar-refractivity contribution is 5.86. The van der Waals surface area contributed by atoms with E-state index in [4.69, 9.17) is 0 Å². The van der Waals surface area contributed by atoms with Gasteiger partial charge in [0.1, 0.15) is 0 Å². The molecule has 0 bridgehead atoms. The molecule has 2 saturated carbocycles. The minimum Gasteiger partial charge on any atom is -0.351 e. The first-order valence-electron chi connectivity index (χ1n) is 10.2. The minimum absolute atomic E-state index is 0. The number of likely N-dealkylation sites (tertiary alicyclic amines) is 1. The monoisotopic (exact) mass is 428 g/mol. The quantitative estimate of drug-likeness (QED) is 0.642. The van der Waals surface area contributed by atoms with Crippen molar-refractivity contribution in [2.24, 2.45) is 17.3 Å². The summed E-state index contributed by atoms with van der Waals surface area (Å²) in [7, 11) is 0. The number of hydrogen-bond acceptors (Lipinski definition) is 3. The molecule has 2 atom stereocenters. The second kappa shape index (κ2) is 9.64. The third-order valence-corrected chi connectivity index (χ3v) is 6.36. The lowest BCUT2D eigenvalue weighted by atomic mass is 9.96. The van der Waals surface area contributed by atoms with Gasteiger partial charge < -0.3 is 14.8 Å². The summed E-state index contributed by atoms with van der Waals surface area (Å²) < 4.78 is 2.05. The van der Waals surface area contributed by atoms with E-state index in [1.54, 1.807) is 6.20 Å². The zero-order valence-corrected chi connectivity index (χ0v) is 18.6. The van der Waals surface area contributed by atoms with E-state index in [2.05, 4.69) is 35.1 Å². The number of nitrogens with one attached hydrogen (secondary N) is 1. The number of aromatic nitrogens is 2. The maximum Gasteiger partial charge on any atom is 0.228 e. The summed E-state index contributed by atoms with van der Waals surface area (Å²) in [6, 6.07) is 0.335. The standard InChI is InChI=1S/C21H32N4O.2ClH/c1-16(2)4-3-10-24-12-18(17-5-6-17)19(13-24)23-20(26)21(7-8-21)14-25-11-9-22-15-25;;/h4,9,11,15,17-19H,3,5-8,10,12-14H2,1-2H3,(H,23,26);2*1H/t18-,19+;;/m1../s1. The van der Waals surface area contributed by atoms with Crippen molar-refractivity contribution < 1.29 is 4.79 Å². The molecule has 1 aromatic rings. The topological polar surface area (TPSA) is 50.2 Å². The van der Waals surface area contributed by atoms with Crippen LogP contribution in [0.3, 0.4) is 0 Å². The van der Waals surface area contributed by atoms with E-state index in [1.165, 1.54) is 18.4 Å². The van der Waals surface area contributed by atoms with Crippen molar-refractivity contribution in [1.29, 1.82) is 0 Å². The molecule has 28 heavy (non-hydrogen) atoms. The van der Waals surface area contributed by atoms with Gasteiger partial charge in [0.05, 0.1) is 11.7 Å². The minimum atomic E-state index is -0.190. The number of allylic oxidation sites excluding steroid dienone is 1. The van der Waals surface area contributed by atoms with Gasteiger partial charge in [-0.2, -0.15) is 0 Å². The molecule has 0 unspecified atom stereocenters. The summed E-state index contributed by atoms with van der Waals surface area (Å²) >= 11 is 0. The molecule has 2 aliphatic carbocycles. The van der Waals surface area contributed by atoms with Crippen LogP contribution in [0.2, 0.25) is 0 Å². The first-order valence-corrected chi connectivity index (χ1v) is 10.2. The number of carbonyl (C=O) groups is 1. The van der Waals surface area contributed by atoms with Crippen LogP contribution in [0, 0.1) is 17.3 Å². The van der Waals surface area contributed by atoms with Crippen molar-refractivity contribution >= 4 is 30.7 Å². The molecule has 1 aromatic heterocycles. The maximum atomic E-state index is 13.0. The van der Waals surface area contributed by atoms with Crippen molar-refractivity contribution in [2.45, 2.75) is 58.5 Å². The summed E-state index contributed by atoms with van der Waals surface area (Å²) in [4.78, 5) is 19.7. The molecule has 2 heterocycles. The predicted molar refractivity (Wildman–Crippen MR) is 117 cm³/mol. The molecule has 0 radical (unpaired) electrons. The van der Waals surface area contributed by atoms with E-state index in [1.807, 2.05) is 17.1 Å². The van der Waals surface area contributed by atoms with Crippen LogP contribution < -0.4 is 5.32 Å². The SMILES string of the molecule is CC(C)=CCCN1C[C@H](NC(=O)C2(Cn3ccnc3)CC2)[C@@H](C2CC2)C1.Cl.Cl. The van der Waals surface area contributed by atoms with Gasteiger partial charge in [0.2, 0.25) is 5.91 Å². The van der Waals surface area contributed by atoms with Crippen molar-refractivity contribution in [3.05, 3.63) is 30.4 Å². The largest absolute Gasteiger partial charge is 0.351 e. The van der Waals surface area contributed by atoms with Crippen molar-refractivity contribution in [3.8, 4) is 0 Å². The molecule has 1 saturated heterocycles. The summed E-state index contributed by atoms with van der Waals surface area (Å²) in [5, 5.41) is 3.46. The molecule has 0 aromatic carbocycles. The Morgan fingerprint density at radius 3 is 2.57 bits per heavy atom. The van der Waals surface area contributed by atoms with Gasteiger partial charge >= 0.3 is 0 Å². The molecule has 5 nitrogen and oxygen atoms in total. The van der Waals surface area contributed by atoms with Gasteiger partial charge in [0, 0.05) is 44.6 Å². The fourth-order valence-corrected chi connectivity index (χ4v) is 4.45. The highest BCUT2D eigenvalue weighted by atomic mass is 35.5. The number of hydrogen-bond donors (Lipinski definition) is 1. The summed E-state index contributed by atoms with van der Waals surface area (Å²) in [6.07, 6.45) is 13.7. The van der Waals surface area contributed by atoms with Crippen LogP contribution in [-0.4, -0.2) is 46.0 Å². The molecular weight excluding hydrogens is 395 g/mol. The number of imidazole rings is 1. The van der Waals surface area contributed by atoms with Gasteiger partial charge in [0.15, 0.2) is 0 Å². The van der Waals surface area contributed by atoms with Crippen molar-refractivity contribution in [1.82, 2.24) is 19.8 Å². The Morgan fingerprint density at radius 1 is 1.25 bits per heavy atom. The van der Waals surface area contributed by atoms with Crippen LogP contribution in [0.4, 0.5) is 0 Å². The molecule has 7 heteroatoms. The molecule has 0 spiro atoms. The van der Waals surface area contributed by atoms with E-state index in [9.17, 15) is 4.79 Å². The maximum absolute atomic E-state index is 13.0. The fraction of sp³-hybridized carbons (Fsp3) is 0.714. The Morgan fingerprint density at radius 2 is 2.00 bits per heavy atom. The number of rotatable bonds is 8. The van der Waals surface area contributed by atoms with Crippen molar-refractivity contribution in [2.75, 3.05) is 19.6 Å². The number of nitrogens with zero attached hydrogens (tertiary/aromatic N) is 3. The Balaban J connectivity index is 0.00000140. The second-order valence-corrected chi connectivity index (χ2v) is 8.93. The molecule has 3 aliphatic rings. The van der Waals surface area contributed by atoms with E-state index < -0.39 is 0 Å². The molecule has 158 valence electrons. The van der Waals surface area contributed by atoms with Crippen LogP contribution >= 0.6 is 24.8 Å². The Kier molecular flexibility index (Phi) is 8.00. The molecule has 1 aliphatic heterocycles. The molecule has 4 rings (SSSR count). The van der Waals surface area contributed by atoms with Gasteiger partial charge in [-0.3, -0.25) is 4.79 Å². The third kappa shape index (κ3) is 5.52. The van der Waals surface area contributed by atoms with Gasteiger partial charge in [-0.25, -0.2) is 4.98 Å². The van der Waals surface area contributed by atoms with Crippen LogP contribution in [0.15, 0.2) is 30.4 Å². The highest BCUT2D eigenvalue weighted by Gasteiger charge is 2.52. The van der Waals surface area contributed by atoms with E-state index in [-0.39, 0.29) is 36.1 Å². The van der Waals surface area contributed by atoms with E-state index in [0.29, 0.717) is 12.0 Å². The number of halogens is 2. The van der Waals surface area contributed by atoms with Gasteiger partial charge in [-0.05, 0) is 57.8 Å². The second-order valence-electron chi connectivity index (χ2n) is 8.93. The van der Waals surface area contributed by atoms with Gasteiger partial charge in [-0.1, -0.05) is 11.6 Å². The first kappa shape index (κ1) is 23.2. The number of amides is 1. The average Bonchev–Trinajstić information content (AvgIpc) is 3.49. The molecular formula is C21H34Cl2N4O. The molecule has 1 amide bonds. The van der Waals surface area contributed by atoms with E-state index >= 15 is 0 Å². The van der Waals surface area contributed by atoms with Gasteiger partial charge in [0.25, 0.3) is 0 Å². The number of carbonyl (C=O) groups excluding carboxylic acids is 1. The fourth-order valence-electron chi connectivity index (χ4n) is 4.45. The van der Waals surface area contributed by atoms with Crippen LogP contribution in [-0.2, 0) is 11.3 Å². The lowest BCUT2D eigenvalue weighted by Gasteiger charge is -2.23. The zero-order chi connectivity index (χ0) is 18.1.